The van der Waals surface area contributed by atoms with E-state index >= 15 is 4.39 Å². The molecule has 0 unspecified atom stereocenters. The minimum Gasteiger partial charge on any atom is -0.492 e. The number of hydrogen-bond acceptors (Lipinski definition) is 7. The van der Waals surface area contributed by atoms with Gasteiger partial charge in [0.05, 0.1) is 17.9 Å². The molecule has 3 heterocycles. The first kappa shape index (κ1) is 22.8. The number of fused-ring (bicyclic) bond motifs is 1. The standard InChI is InChI=1S/C23H27FN6O3S/c1-25-20-14-33-22-10-19(24)21(9-18(22)17(20)8-15-6-4-3-5-7-15)30-11-16(12-30)27-34(31,32)23-13-29(2)28-26-23/h3-7,9-10,13,16-17,20,25,27H,8,11-12,14H2,1-2H3/t17-,20-/m0/s1. The molecular formula is C23H27FN6O3S. The van der Waals surface area contributed by atoms with E-state index in [1.165, 1.54) is 22.5 Å². The molecule has 3 aromatic rings. The number of aryl methyl sites for hydroxylation is 1. The average Bonchev–Trinajstić information content (AvgIpc) is 3.24. The van der Waals surface area contributed by atoms with Crippen molar-refractivity contribution < 1.29 is 17.5 Å². The lowest BCUT2D eigenvalue weighted by Crippen LogP contribution is -2.59. The summed E-state index contributed by atoms with van der Waals surface area (Å²) in [6.45, 7) is 1.18. The number of nitrogens with zero attached hydrogens (tertiary/aromatic N) is 4. The smallest absolute Gasteiger partial charge is 0.261 e. The highest BCUT2D eigenvalue weighted by atomic mass is 32.2. The van der Waals surface area contributed by atoms with Gasteiger partial charge in [-0.3, -0.25) is 4.68 Å². The third kappa shape index (κ3) is 4.38. The van der Waals surface area contributed by atoms with Gasteiger partial charge in [0.2, 0.25) is 5.03 Å². The minimum atomic E-state index is -3.78. The Morgan fingerprint density at radius 2 is 1.97 bits per heavy atom. The van der Waals surface area contributed by atoms with Crippen LogP contribution in [0.4, 0.5) is 10.1 Å². The van der Waals surface area contributed by atoms with E-state index in [0.29, 0.717) is 31.1 Å². The van der Waals surface area contributed by atoms with Crippen LogP contribution in [-0.4, -0.2) is 62.2 Å². The molecule has 0 spiro atoms. The molecular weight excluding hydrogens is 459 g/mol. The van der Waals surface area contributed by atoms with Gasteiger partial charge in [-0.25, -0.2) is 17.5 Å². The van der Waals surface area contributed by atoms with Crippen molar-refractivity contribution in [2.45, 2.75) is 29.4 Å². The second-order valence-electron chi connectivity index (χ2n) is 8.80. The molecule has 2 atom stereocenters. The van der Waals surface area contributed by atoms with Crippen LogP contribution in [0.2, 0.25) is 0 Å². The van der Waals surface area contributed by atoms with E-state index in [4.69, 9.17) is 4.74 Å². The molecule has 2 aromatic carbocycles. The number of hydrogen-bond donors (Lipinski definition) is 2. The molecule has 0 radical (unpaired) electrons. The van der Waals surface area contributed by atoms with E-state index in [1.54, 1.807) is 7.05 Å². The quantitative estimate of drug-likeness (QED) is 0.521. The van der Waals surface area contributed by atoms with Gasteiger partial charge in [-0.2, -0.15) is 0 Å². The zero-order chi connectivity index (χ0) is 23.9. The highest BCUT2D eigenvalue weighted by Crippen LogP contribution is 2.40. The van der Waals surface area contributed by atoms with Crippen LogP contribution in [0.25, 0.3) is 0 Å². The molecule has 1 saturated heterocycles. The van der Waals surface area contributed by atoms with Crippen molar-refractivity contribution in [3.05, 3.63) is 65.6 Å². The summed E-state index contributed by atoms with van der Waals surface area (Å²) >= 11 is 0. The Bertz CT molecular complexity index is 1280. The summed E-state index contributed by atoms with van der Waals surface area (Å²) in [4.78, 5) is 1.84. The first-order chi connectivity index (χ1) is 16.3. The van der Waals surface area contributed by atoms with Crippen LogP contribution in [0, 0.1) is 5.82 Å². The third-order valence-electron chi connectivity index (χ3n) is 6.45. The molecule has 2 aliphatic heterocycles. The van der Waals surface area contributed by atoms with Crippen molar-refractivity contribution in [1.82, 2.24) is 25.0 Å². The molecule has 0 aliphatic carbocycles. The summed E-state index contributed by atoms with van der Waals surface area (Å²) in [5, 5.41) is 10.5. The monoisotopic (exact) mass is 486 g/mol. The van der Waals surface area contributed by atoms with Gasteiger partial charge in [-0.15, -0.1) is 5.10 Å². The van der Waals surface area contributed by atoms with E-state index in [0.717, 1.165) is 12.0 Å². The Morgan fingerprint density at radius 1 is 1.21 bits per heavy atom. The number of halogens is 1. The minimum absolute atomic E-state index is 0.0916. The first-order valence-electron chi connectivity index (χ1n) is 11.1. The number of anilines is 1. The number of benzene rings is 2. The van der Waals surface area contributed by atoms with Crippen molar-refractivity contribution in [2.24, 2.45) is 7.05 Å². The van der Waals surface area contributed by atoms with Crippen LogP contribution in [0.15, 0.2) is 53.7 Å². The molecule has 11 heteroatoms. The molecule has 180 valence electrons. The fraction of sp³-hybridized carbons (Fsp3) is 0.391. The summed E-state index contributed by atoms with van der Waals surface area (Å²) in [6.07, 6.45) is 2.14. The molecule has 34 heavy (non-hydrogen) atoms. The molecule has 9 nitrogen and oxygen atoms in total. The molecule has 0 saturated carbocycles. The van der Waals surface area contributed by atoms with Crippen LogP contribution in [0.3, 0.4) is 0 Å². The first-order valence-corrected chi connectivity index (χ1v) is 12.6. The molecule has 1 fully saturated rings. The van der Waals surface area contributed by atoms with Gasteiger partial charge in [0.25, 0.3) is 10.0 Å². The molecule has 1 aromatic heterocycles. The topological polar surface area (TPSA) is 101 Å². The molecule has 0 bridgehead atoms. The molecule has 2 N–H and O–H groups in total. The van der Waals surface area contributed by atoms with Gasteiger partial charge >= 0.3 is 0 Å². The van der Waals surface area contributed by atoms with Crippen molar-refractivity contribution in [3.63, 3.8) is 0 Å². The lowest BCUT2D eigenvalue weighted by atomic mass is 9.83. The Kier molecular flexibility index (Phi) is 6.00. The maximum atomic E-state index is 15.0. The maximum Gasteiger partial charge on any atom is 0.261 e. The van der Waals surface area contributed by atoms with Crippen LogP contribution < -0.4 is 19.7 Å². The van der Waals surface area contributed by atoms with E-state index in [-0.39, 0.29) is 28.8 Å². The predicted octanol–water partition coefficient (Wildman–Crippen LogP) is 1.43. The van der Waals surface area contributed by atoms with E-state index in [1.807, 2.05) is 36.2 Å². The highest BCUT2D eigenvalue weighted by Gasteiger charge is 2.36. The Hall–Kier alpha value is -3.02. The van der Waals surface area contributed by atoms with Crippen molar-refractivity contribution in [2.75, 3.05) is 31.6 Å². The second kappa shape index (κ2) is 8.97. The van der Waals surface area contributed by atoms with Gasteiger partial charge in [-0.1, -0.05) is 35.5 Å². The maximum absolute atomic E-state index is 15.0. The molecule has 5 rings (SSSR count). The predicted molar refractivity (Wildman–Crippen MR) is 125 cm³/mol. The number of aromatic nitrogens is 3. The summed E-state index contributed by atoms with van der Waals surface area (Å²) in [6, 6.07) is 13.3. The van der Waals surface area contributed by atoms with Crippen molar-refractivity contribution >= 4 is 15.7 Å². The average molecular weight is 487 g/mol. The Labute approximate surface area is 198 Å². The Balaban J connectivity index is 1.34. The normalized spacial score (nSPS) is 20.5. The van der Waals surface area contributed by atoms with Crippen LogP contribution >= 0.6 is 0 Å². The summed E-state index contributed by atoms with van der Waals surface area (Å²) in [5.41, 5.74) is 2.61. The number of ether oxygens (including phenoxy) is 1. The van der Waals surface area contributed by atoms with Crippen molar-refractivity contribution in [1.29, 1.82) is 0 Å². The third-order valence-corrected chi connectivity index (χ3v) is 7.83. The zero-order valence-electron chi connectivity index (χ0n) is 19.0. The number of likely N-dealkylation sites (N-methyl/N-ethyl adjacent to an activating group) is 1. The zero-order valence-corrected chi connectivity index (χ0v) is 19.8. The Morgan fingerprint density at radius 3 is 2.65 bits per heavy atom. The second-order valence-corrected chi connectivity index (χ2v) is 10.5. The summed E-state index contributed by atoms with van der Waals surface area (Å²) in [7, 11) is -0.269. The number of sulfonamides is 1. The van der Waals surface area contributed by atoms with Crippen molar-refractivity contribution in [3.8, 4) is 5.75 Å². The van der Waals surface area contributed by atoms with E-state index in [9.17, 15) is 8.42 Å². The lowest BCUT2D eigenvalue weighted by molar-refractivity contribution is 0.218. The summed E-state index contributed by atoms with van der Waals surface area (Å²) in [5.74, 6) is 0.298. The number of nitrogens with one attached hydrogen (secondary N) is 2. The van der Waals surface area contributed by atoms with Crippen LogP contribution in [-0.2, 0) is 23.5 Å². The molecule has 0 amide bonds. The van der Waals surface area contributed by atoms with Gasteiger partial charge in [0, 0.05) is 43.7 Å². The largest absolute Gasteiger partial charge is 0.492 e. The molecule has 2 aliphatic rings. The number of rotatable bonds is 7. The lowest BCUT2D eigenvalue weighted by Gasteiger charge is -2.42. The van der Waals surface area contributed by atoms with Crippen LogP contribution in [0.1, 0.15) is 17.0 Å². The fourth-order valence-electron chi connectivity index (χ4n) is 4.61. The summed E-state index contributed by atoms with van der Waals surface area (Å²) < 4.78 is 49.8. The van der Waals surface area contributed by atoms with Gasteiger partial charge in [-0.05, 0) is 25.1 Å². The SMILES string of the molecule is CN[C@H]1COc2cc(F)c(N3CC(NS(=O)(=O)c4cn(C)nn4)C3)cc2[C@@H]1Cc1ccccc1. The van der Waals surface area contributed by atoms with Crippen LogP contribution in [0.5, 0.6) is 5.75 Å². The van der Waals surface area contributed by atoms with E-state index in [2.05, 4.69) is 32.5 Å². The van der Waals surface area contributed by atoms with E-state index < -0.39 is 10.0 Å². The highest BCUT2D eigenvalue weighted by molar-refractivity contribution is 7.89. The van der Waals surface area contributed by atoms with Gasteiger partial charge in [0.1, 0.15) is 18.2 Å². The van der Waals surface area contributed by atoms with Gasteiger partial charge < -0.3 is 15.0 Å². The van der Waals surface area contributed by atoms with Gasteiger partial charge in [0.15, 0.2) is 0 Å². The fourth-order valence-corrected chi connectivity index (χ4v) is 5.76.